The van der Waals surface area contributed by atoms with E-state index in [2.05, 4.69) is 40.8 Å². The number of hydrogen-bond acceptors (Lipinski definition) is 4. The molecule has 4 atom stereocenters. The Kier molecular flexibility index (Phi) is 13.3. The molecule has 1 aliphatic heterocycles. The maximum absolute atomic E-state index is 10.1. The number of rotatable bonds is 15. The van der Waals surface area contributed by atoms with Crippen LogP contribution in [0.3, 0.4) is 0 Å². The number of ether oxygens (including phenoxy) is 1. The predicted octanol–water partition coefficient (Wildman–Crippen LogP) is 6.59. The first-order chi connectivity index (χ1) is 14.1. The Morgan fingerprint density at radius 1 is 0.933 bits per heavy atom. The van der Waals surface area contributed by atoms with E-state index >= 15 is 0 Å². The van der Waals surface area contributed by atoms with Crippen LogP contribution in [0.5, 0.6) is 0 Å². The summed E-state index contributed by atoms with van der Waals surface area (Å²) in [5.41, 5.74) is 0. The third-order valence-electron chi connectivity index (χ3n) is 7.21. The van der Waals surface area contributed by atoms with Gasteiger partial charge >= 0.3 is 0 Å². The van der Waals surface area contributed by atoms with Gasteiger partial charge in [-0.1, -0.05) is 91.9 Å². The average Bonchev–Trinajstić information content (AvgIpc) is 2.68. The highest BCUT2D eigenvalue weighted by atomic mass is 28.4. The Hall–Kier alpha value is 0.0569. The maximum atomic E-state index is 10.1. The van der Waals surface area contributed by atoms with E-state index in [4.69, 9.17) is 9.16 Å². The maximum Gasteiger partial charge on any atom is 0.192 e. The summed E-state index contributed by atoms with van der Waals surface area (Å²) >= 11 is 0. The van der Waals surface area contributed by atoms with E-state index in [1.54, 1.807) is 0 Å². The molecule has 1 heterocycles. The topological polar surface area (TPSA) is 58.9 Å². The minimum Gasteiger partial charge on any atom is -0.411 e. The molecule has 0 radical (unpaired) electrons. The van der Waals surface area contributed by atoms with Gasteiger partial charge in [-0.3, -0.25) is 0 Å². The van der Waals surface area contributed by atoms with Crippen molar-refractivity contribution in [1.29, 1.82) is 0 Å². The van der Waals surface area contributed by atoms with Gasteiger partial charge in [0.05, 0.1) is 24.9 Å². The molecule has 0 aromatic rings. The van der Waals surface area contributed by atoms with Crippen LogP contribution in [-0.2, 0) is 9.16 Å². The molecule has 1 rings (SSSR count). The lowest BCUT2D eigenvalue weighted by Gasteiger charge is -2.45. The van der Waals surface area contributed by atoms with E-state index in [1.165, 1.54) is 57.8 Å². The second-order valence-electron chi connectivity index (χ2n) is 10.9. The van der Waals surface area contributed by atoms with Crippen molar-refractivity contribution in [1.82, 2.24) is 0 Å². The molecular formula is C25H52O4Si. The van der Waals surface area contributed by atoms with Gasteiger partial charge in [0.25, 0.3) is 0 Å². The first-order valence-corrected chi connectivity index (χ1v) is 15.7. The lowest BCUT2D eigenvalue weighted by Crippen LogP contribution is -2.52. The van der Waals surface area contributed by atoms with Crippen LogP contribution in [0, 0.1) is 0 Å². The average molecular weight is 445 g/mol. The highest BCUT2D eigenvalue weighted by Crippen LogP contribution is 2.40. The zero-order valence-corrected chi connectivity index (χ0v) is 21.9. The minimum absolute atomic E-state index is 0.0353. The normalized spacial score (nSPS) is 24.2. The molecule has 0 unspecified atom stereocenters. The summed E-state index contributed by atoms with van der Waals surface area (Å²) in [5, 5.41) is 19.6. The van der Waals surface area contributed by atoms with E-state index < -0.39 is 14.4 Å². The fourth-order valence-electron chi connectivity index (χ4n) is 4.07. The van der Waals surface area contributed by atoms with Gasteiger partial charge in [-0.25, -0.2) is 0 Å². The molecule has 2 N–H and O–H groups in total. The second kappa shape index (κ2) is 14.3. The highest BCUT2D eigenvalue weighted by Gasteiger charge is 2.43. The third kappa shape index (κ3) is 10.1. The van der Waals surface area contributed by atoms with Gasteiger partial charge in [-0.15, -0.1) is 0 Å². The van der Waals surface area contributed by atoms with Gasteiger partial charge in [-0.2, -0.15) is 0 Å². The number of unbranched alkanes of at least 4 members (excludes halogenated alkanes) is 9. The van der Waals surface area contributed by atoms with Crippen LogP contribution in [0.15, 0.2) is 0 Å². The first-order valence-electron chi connectivity index (χ1n) is 12.7. The molecule has 1 aliphatic rings. The van der Waals surface area contributed by atoms with Gasteiger partial charge in [0.2, 0.25) is 0 Å². The van der Waals surface area contributed by atoms with Gasteiger partial charge < -0.3 is 19.4 Å². The number of aliphatic hydroxyl groups excluding tert-OH is 2. The predicted molar refractivity (Wildman–Crippen MR) is 130 cm³/mol. The summed E-state index contributed by atoms with van der Waals surface area (Å²) in [4.78, 5) is 0. The van der Waals surface area contributed by atoms with Gasteiger partial charge in [0, 0.05) is 0 Å². The summed E-state index contributed by atoms with van der Waals surface area (Å²) in [5.74, 6) is 0. The molecule has 0 aliphatic carbocycles. The quantitative estimate of drug-likeness (QED) is 0.221. The molecule has 4 nitrogen and oxygen atoms in total. The van der Waals surface area contributed by atoms with E-state index in [9.17, 15) is 10.2 Å². The summed E-state index contributed by atoms with van der Waals surface area (Å²) < 4.78 is 13.0. The Morgan fingerprint density at radius 2 is 1.47 bits per heavy atom. The van der Waals surface area contributed by atoms with Crippen LogP contribution in [0.25, 0.3) is 0 Å². The van der Waals surface area contributed by atoms with Crippen molar-refractivity contribution in [3.8, 4) is 0 Å². The summed E-state index contributed by atoms with van der Waals surface area (Å²) in [6.07, 6.45) is 15.0. The Bertz CT molecular complexity index is 435. The molecule has 1 saturated heterocycles. The van der Waals surface area contributed by atoms with Gasteiger partial charge in [0.1, 0.15) is 6.10 Å². The van der Waals surface area contributed by atoms with Crippen LogP contribution in [0.4, 0.5) is 0 Å². The third-order valence-corrected chi connectivity index (χ3v) is 11.7. The largest absolute Gasteiger partial charge is 0.411 e. The van der Waals surface area contributed by atoms with Crippen molar-refractivity contribution < 1.29 is 19.4 Å². The number of aliphatic hydroxyl groups is 2. The van der Waals surface area contributed by atoms with Crippen LogP contribution >= 0.6 is 0 Å². The summed E-state index contributed by atoms with van der Waals surface area (Å²) in [7, 11) is -1.86. The van der Waals surface area contributed by atoms with E-state index in [1.807, 2.05) is 0 Å². The molecule has 0 amide bonds. The molecule has 0 aromatic carbocycles. The molecule has 30 heavy (non-hydrogen) atoms. The SMILES string of the molecule is CCCCCCCCCCCC[C@H]1O[C@@H]([C@@H](O)CO)CC[C@H]1O[Si](C)(C)C(C)(C)C. The first kappa shape index (κ1) is 28.1. The molecule has 1 fully saturated rings. The highest BCUT2D eigenvalue weighted by molar-refractivity contribution is 6.74. The molecule has 180 valence electrons. The van der Waals surface area contributed by atoms with Crippen molar-refractivity contribution in [3.63, 3.8) is 0 Å². The van der Waals surface area contributed by atoms with Crippen molar-refractivity contribution in [2.75, 3.05) is 6.61 Å². The van der Waals surface area contributed by atoms with Gasteiger partial charge in [0.15, 0.2) is 8.32 Å². The molecule has 5 heteroatoms. The van der Waals surface area contributed by atoms with Crippen LogP contribution in [0.1, 0.15) is 111 Å². The molecule has 0 aromatic heterocycles. The summed E-state index contributed by atoms with van der Waals surface area (Å²) in [6.45, 7) is 13.5. The van der Waals surface area contributed by atoms with E-state index in [0.29, 0.717) is 0 Å². The minimum atomic E-state index is -1.86. The zero-order chi connectivity index (χ0) is 22.6. The van der Waals surface area contributed by atoms with Crippen LogP contribution in [-0.4, -0.2) is 49.6 Å². The standard InChI is InChI=1S/C25H52O4Si/c1-7-8-9-10-11-12-13-14-15-16-17-23-24(29-30(5,6)25(2,3)4)19-18-22(28-23)21(27)20-26/h21-24,26-27H,7-20H2,1-6H3/t21-,22+,23+,24+/m0/s1. The monoisotopic (exact) mass is 444 g/mol. The smallest absolute Gasteiger partial charge is 0.192 e. The van der Waals surface area contributed by atoms with Crippen molar-refractivity contribution in [2.24, 2.45) is 0 Å². The van der Waals surface area contributed by atoms with E-state index in [-0.39, 0.29) is 30.0 Å². The van der Waals surface area contributed by atoms with E-state index in [0.717, 1.165) is 25.7 Å². The Morgan fingerprint density at radius 3 is 1.97 bits per heavy atom. The molecule has 0 bridgehead atoms. The fraction of sp³-hybridized carbons (Fsp3) is 1.00. The molecule has 0 spiro atoms. The fourth-order valence-corrected chi connectivity index (χ4v) is 5.45. The number of hydrogen-bond donors (Lipinski definition) is 2. The Balaban J connectivity index is 2.44. The van der Waals surface area contributed by atoms with Crippen molar-refractivity contribution in [3.05, 3.63) is 0 Å². The molecule has 0 saturated carbocycles. The van der Waals surface area contributed by atoms with Crippen molar-refractivity contribution >= 4 is 8.32 Å². The van der Waals surface area contributed by atoms with Crippen LogP contribution in [0.2, 0.25) is 18.1 Å². The molecular weight excluding hydrogens is 392 g/mol. The lowest BCUT2D eigenvalue weighted by molar-refractivity contribution is -0.156. The Labute approximate surface area is 188 Å². The second-order valence-corrected chi connectivity index (χ2v) is 15.7. The van der Waals surface area contributed by atoms with Gasteiger partial charge in [-0.05, 0) is 37.4 Å². The lowest BCUT2D eigenvalue weighted by atomic mass is 9.94. The van der Waals surface area contributed by atoms with Crippen LogP contribution < -0.4 is 0 Å². The summed E-state index contributed by atoms with van der Waals surface area (Å²) in [6, 6.07) is 0. The van der Waals surface area contributed by atoms with Crippen molar-refractivity contribution in [2.45, 2.75) is 154 Å². The zero-order valence-electron chi connectivity index (χ0n) is 20.9.